The molecule has 4 nitrogen and oxygen atoms in total. The molecule has 2 aliphatic rings. The second-order valence-corrected chi connectivity index (χ2v) is 7.15. The first-order valence-corrected chi connectivity index (χ1v) is 9.66. The van der Waals surface area contributed by atoms with Gasteiger partial charge in [-0.2, -0.15) is 5.26 Å². The van der Waals surface area contributed by atoms with Crippen LogP contribution >= 0.6 is 0 Å². The topological polar surface area (TPSA) is 51.5 Å². The number of nitriles is 1. The first-order valence-electron chi connectivity index (χ1n) is 9.66. The molecule has 2 aromatic rings. The number of ether oxygens (including phenoxy) is 3. The highest BCUT2D eigenvalue weighted by atomic mass is 16.5. The molecule has 30 heavy (non-hydrogen) atoms. The third-order valence-corrected chi connectivity index (χ3v) is 4.76. The van der Waals surface area contributed by atoms with Crippen LogP contribution in [0.5, 0.6) is 17.2 Å². The summed E-state index contributed by atoms with van der Waals surface area (Å²) in [5.74, 6) is 4.21. The second kappa shape index (κ2) is 8.18. The molecule has 4 rings (SSSR count). The molecule has 2 aromatic carbocycles. The summed E-state index contributed by atoms with van der Waals surface area (Å²) in [5, 5.41) is 9.19. The van der Waals surface area contributed by atoms with Gasteiger partial charge in [0.05, 0.1) is 6.07 Å². The van der Waals surface area contributed by atoms with Gasteiger partial charge in [0.2, 0.25) is 0 Å². The average molecular weight is 395 g/mol. The van der Waals surface area contributed by atoms with Crippen LogP contribution in [0.25, 0.3) is 5.57 Å². The van der Waals surface area contributed by atoms with Crippen LogP contribution < -0.4 is 9.47 Å². The number of fused-ring (bicyclic) bond motifs is 1. The fraction of sp³-hybridized carbons (Fsp3) is 0.115. The molecule has 2 heterocycles. The highest BCUT2D eigenvalue weighted by molar-refractivity contribution is 5.74. The van der Waals surface area contributed by atoms with Gasteiger partial charge >= 0.3 is 0 Å². The molecular weight excluding hydrogens is 374 g/mol. The third-order valence-electron chi connectivity index (χ3n) is 4.76. The van der Waals surface area contributed by atoms with Gasteiger partial charge in [0.1, 0.15) is 34.5 Å². The monoisotopic (exact) mass is 395 g/mol. The fourth-order valence-electron chi connectivity index (χ4n) is 3.27. The van der Waals surface area contributed by atoms with Crippen LogP contribution in [0.4, 0.5) is 0 Å². The Hall–Kier alpha value is -3.97. The van der Waals surface area contributed by atoms with Crippen molar-refractivity contribution in [3.63, 3.8) is 0 Å². The normalized spacial score (nSPS) is 18.1. The summed E-state index contributed by atoms with van der Waals surface area (Å²) in [5.41, 5.74) is 3.57. The summed E-state index contributed by atoms with van der Waals surface area (Å²) in [7, 11) is 0. The maximum absolute atomic E-state index is 9.19. The van der Waals surface area contributed by atoms with E-state index in [-0.39, 0.29) is 0 Å². The van der Waals surface area contributed by atoms with E-state index >= 15 is 0 Å². The molecule has 0 atom stereocenters. The molecule has 0 amide bonds. The molecule has 0 radical (unpaired) electrons. The van der Waals surface area contributed by atoms with Crippen molar-refractivity contribution in [2.45, 2.75) is 20.8 Å². The number of para-hydroxylation sites is 1. The number of hydrogen-bond acceptors (Lipinski definition) is 4. The van der Waals surface area contributed by atoms with Crippen molar-refractivity contribution in [2.75, 3.05) is 0 Å². The van der Waals surface area contributed by atoms with E-state index in [0.717, 1.165) is 34.0 Å². The van der Waals surface area contributed by atoms with Gasteiger partial charge in [0.15, 0.2) is 0 Å². The van der Waals surface area contributed by atoms with E-state index in [0.29, 0.717) is 22.8 Å². The minimum absolute atomic E-state index is 0.624. The lowest BCUT2D eigenvalue weighted by Gasteiger charge is -2.20. The Morgan fingerprint density at radius 2 is 1.77 bits per heavy atom. The van der Waals surface area contributed by atoms with E-state index in [1.807, 2.05) is 86.7 Å². The Labute approximate surface area is 176 Å². The zero-order valence-electron chi connectivity index (χ0n) is 17.1. The summed E-state index contributed by atoms with van der Waals surface area (Å²) in [6, 6.07) is 17.6. The number of rotatable bonds is 3. The summed E-state index contributed by atoms with van der Waals surface area (Å²) in [4.78, 5) is 0. The molecular formula is C26H21NO3. The van der Waals surface area contributed by atoms with E-state index < -0.39 is 0 Å². The zero-order valence-corrected chi connectivity index (χ0v) is 17.1. The van der Waals surface area contributed by atoms with Gasteiger partial charge in [0, 0.05) is 23.3 Å². The predicted molar refractivity (Wildman–Crippen MR) is 117 cm³/mol. The highest BCUT2D eigenvalue weighted by Gasteiger charge is 2.17. The molecule has 148 valence electrons. The molecule has 0 unspecified atom stereocenters. The van der Waals surface area contributed by atoms with Crippen LogP contribution in [0, 0.1) is 11.3 Å². The number of benzene rings is 2. The van der Waals surface area contributed by atoms with Crippen LogP contribution in [0.1, 0.15) is 26.3 Å². The Morgan fingerprint density at radius 3 is 2.53 bits per heavy atom. The maximum atomic E-state index is 9.19. The fourth-order valence-corrected chi connectivity index (χ4v) is 3.27. The van der Waals surface area contributed by atoms with Gasteiger partial charge in [-0.1, -0.05) is 18.2 Å². The molecule has 0 spiro atoms. The van der Waals surface area contributed by atoms with Crippen LogP contribution in [-0.4, -0.2) is 0 Å². The Bertz CT molecular complexity index is 1190. The van der Waals surface area contributed by atoms with Crippen molar-refractivity contribution in [1.29, 1.82) is 5.26 Å². The van der Waals surface area contributed by atoms with Gasteiger partial charge in [-0.3, -0.25) is 0 Å². The molecule has 0 N–H and O–H groups in total. The van der Waals surface area contributed by atoms with E-state index in [1.165, 1.54) is 0 Å². The predicted octanol–water partition coefficient (Wildman–Crippen LogP) is 6.82. The third kappa shape index (κ3) is 4.21. The van der Waals surface area contributed by atoms with Gasteiger partial charge in [0.25, 0.3) is 0 Å². The molecule has 0 fully saturated rings. The lowest BCUT2D eigenvalue weighted by atomic mass is 10.0. The van der Waals surface area contributed by atoms with Gasteiger partial charge in [-0.05, 0) is 74.4 Å². The van der Waals surface area contributed by atoms with Crippen molar-refractivity contribution < 1.29 is 14.2 Å². The van der Waals surface area contributed by atoms with E-state index in [9.17, 15) is 5.26 Å². The second-order valence-electron chi connectivity index (χ2n) is 7.15. The van der Waals surface area contributed by atoms with Crippen molar-refractivity contribution in [2.24, 2.45) is 0 Å². The Balaban J connectivity index is 1.62. The van der Waals surface area contributed by atoms with Crippen molar-refractivity contribution in [3.8, 4) is 23.3 Å². The molecule has 4 heteroatoms. The molecule has 0 aromatic heterocycles. The quantitative estimate of drug-likeness (QED) is 0.535. The van der Waals surface area contributed by atoms with Crippen molar-refractivity contribution >= 4 is 5.57 Å². The van der Waals surface area contributed by atoms with Crippen molar-refractivity contribution in [3.05, 3.63) is 107 Å². The molecule has 2 aliphatic heterocycles. The van der Waals surface area contributed by atoms with E-state index in [1.54, 1.807) is 6.92 Å². The minimum Gasteiger partial charge on any atom is -0.462 e. The summed E-state index contributed by atoms with van der Waals surface area (Å²) < 4.78 is 17.9. The lowest BCUT2D eigenvalue weighted by Crippen LogP contribution is -2.04. The Kier molecular flexibility index (Phi) is 5.28. The first kappa shape index (κ1) is 19.4. The van der Waals surface area contributed by atoms with Crippen LogP contribution in [0.2, 0.25) is 0 Å². The summed E-state index contributed by atoms with van der Waals surface area (Å²) in [6.45, 7) is 5.69. The van der Waals surface area contributed by atoms with Crippen LogP contribution in [-0.2, 0) is 4.74 Å². The summed E-state index contributed by atoms with van der Waals surface area (Å²) in [6.07, 6.45) is 7.50. The van der Waals surface area contributed by atoms with Gasteiger partial charge in [-0.15, -0.1) is 0 Å². The molecule has 0 bridgehead atoms. The van der Waals surface area contributed by atoms with Crippen molar-refractivity contribution in [1.82, 2.24) is 0 Å². The van der Waals surface area contributed by atoms with E-state index in [4.69, 9.17) is 14.2 Å². The smallest absolute Gasteiger partial charge is 0.138 e. The highest BCUT2D eigenvalue weighted by Crippen LogP contribution is 2.37. The molecule has 0 saturated carbocycles. The molecule has 0 aliphatic carbocycles. The van der Waals surface area contributed by atoms with Gasteiger partial charge < -0.3 is 14.2 Å². The average Bonchev–Trinajstić information content (AvgIpc) is 2.73. The number of hydrogen-bond donors (Lipinski definition) is 0. The first-order chi connectivity index (χ1) is 14.5. The maximum Gasteiger partial charge on any atom is 0.138 e. The SMILES string of the molecule is CC1=C/C(=C(\C)C#N)C=C(C=C2C=C(C)c3ccc(Oc4ccccc4)cc3O2)O1. The standard InChI is InChI=1S/C26H21NO3/c1-17-11-23(14-24-13-20(18(2)16-27)12-19(3)28-24)30-26-15-22(9-10-25(17)26)29-21-7-5-4-6-8-21/h4-15H,1-3H3/b20-18-,23-14?. The minimum atomic E-state index is 0.624. The number of allylic oxidation sites excluding steroid dienone is 8. The lowest BCUT2D eigenvalue weighted by molar-refractivity contribution is 0.313. The molecule has 0 saturated heterocycles. The van der Waals surface area contributed by atoms with Gasteiger partial charge in [-0.25, -0.2) is 0 Å². The van der Waals surface area contributed by atoms with Crippen LogP contribution in [0.15, 0.2) is 101 Å². The van der Waals surface area contributed by atoms with E-state index in [2.05, 4.69) is 6.07 Å². The van der Waals surface area contributed by atoms with Crippen LogP contribution in [0.3, 0.4) is 0 Å². The largest absolute Gasteiger partial charge is 0.462 e. The summed E-state index contributed by atoms with van der Waals surface area (Å²) >= 11 is 0. The Morgan fingerprint density at radius 1 is 0.967 bits per heavy atom. The number of nitrogens with zero attached hydrogens (tertiary/aromatic N) is 1. The zero-order chi connectivity index (χ0) is 21.1.